The van der Waals surface area contributed by atoms with Gasteiger partial charge in [-0.25, -0.2) is 17.5 Å². The summed E-state index contributed by atoms with van der Waals surface area (Å²) in [6.45, 7) is 0. The van der Waals surface area contributed by atoms with Crippen molar-refractivity contribution < 1.29 is 17.6 Å². The van der Waals surface area contributed by atoms with Crippen LogP contribution in [-0.2, 0) is 14.8 Å². The van der Waals surface area contributed by atoms with Crippen molar-refractivity contribution in [2.75, 3.05) is 7.05 Å². The molecule has 0 spiro atoms. The van der Waals surface area contributed by atoms with Crippen LogP contribution in [-0.4, -0.2) is 21.4 Å². The second-order valence-corrected chi connectivity index (χ2v) is 5.91. The number of amides is 1. The maximum atomic E-state index is 13.5. The first-order valence-corrected chi connectivity index (χ1v) is 6.95. The summed E-state index contributed by atoms with van der Waals surface area (Å²) in [6.07, 6.45) is 0.986. The Morgan fingerprint density at radius 2 is 2.17 bits per heavy atom. The molecular weight excluding hydrogens is 259 g/mol. The van der Waals surface area contributed by atoms with Crippen LogP contribution in [0.4, 0.5) is 4.39 Å². The number of carbonyl (C=O) groups is 1. The van der Waals surface area contributed by atoms with E-state index in [-0.39, 0.29) is 11.9 Å². The molecule has 98 valence electrons. The molecule has 2 rings (SSSR count). The van der Waals surface area contributed by atoms with Gasteiger partial charge in [-0.15, -0.1) is 0 Å². The Morgan fingerprint density at radius 3 is 2.72 bits per heavy atom. The van der Waals surface area contributed by atoms with E-state index in [0.29, 0.717) is 18.4 Å². The summed E-state index contributed by atoms with van der Waals surface area (Å²) in [4.78, 5) is 10.7. The average Bonchev–Trinajstić information content (AvgIpc) is 2.76. The number of benzene rings is 1. The first kappa shape index (κ1) is 13.0. The monoisotopic (exact) mass is 272 g/mol. The van der Waals surface area contributed by atoms with E-state index in [1.807, 2.05) is 0 Å². The molecule has 1 unspecified atom stereocenters. The molecule has 1 fully saturated rings. The molecule has 0 radical (unpaired) electrons. The zero-order valence-electron chi connectivity index (χ0n) is 9.73. The predicted molar refractivity (Wildman–Crippen MR) is 62.8 cm³/mol. The molecule has 18 heavy (non-hydrogen) atoms. The largest absolute Gasteiger partial charge is 0.349 e. The Labute approximate surface area is 104 Å². The second-order valence-electron chi connectivity index (χ2n) is 4.06. The molecule has 1 aliphatic heterocycles. The summed E-state index contributed by atoms with van der Waals surface area (Å²) in [7, 11) is -2.61. The highest BCUT2D eigenvalue weighted by Gasteiger charge is 2.25. The topological polar surface area (TPSA) is 75.3 Å². The lowest BCUT2D eigenvalue weighted by Crippen LogP contribution is -2.22. The third kappa shape index (κ3) is 2.37. The Kier molecular flexibility index (Phi) is 3.36. The quantitative estimate of drug-likeness (QED) is 0.850. The number of hydrogen-bond donors (Lipinski definition) is 2. The van der Waals surface area contributed by atoms with Gasteiger partial charge in [0.05, 0.1) is 6.04 Å². The average molecular weight is 272 g/mol. The fourth-order valence-corrected chi connectivity index (χ4v) is 2.75. The van der Waals surface area contributed by atoms with Gasteiger partial charge in [0.2, 0.25) is 15.9 Å². The Hall–Kier alpha value is -1.47. The lowest BCUT2D eigenvalue weighted by atomic mass is 10.1. The van der Waals surface area contributed by atoms with Gasteiger partial charge in [-0.05, 0) is 31.2 Å². The van der Waals surface area contributed by atoms with Crippen molar-refractivity contribution in [3.8, 4) is 0 Å². The zero-order chi connectivity index (χ0) is 13.3. The maximum absolute atomic E-state index is 13.5. The highest BCUT2D eigenvalue weighted by Crippen LogP contribution is 2.26. The highest BCUT2D eigenvalue weighted by molar-refractivity contribution is 7.89. The molecular formula is C11H13FN2O3S. The molecule has 1 heterocycles. The molecule has 0 saturated carbocycles. The van der Waals surface area contributed by atoms with E-state index in [9.17, 15) is 17.6 Å². The lowest BCUT2D eigenvalue weighted by molar-refractivity contribution is -0.119. The minimum atomic E-state index is -3.83. The Morgan fingerprint density at radius 1 is 1.44 bits per heavy atom. The van der Waals surface area contributed by atoms with Gasteiger partial charge in [-0.1, -0.05) is 6.07 Å². The van der Waals surface area contributed by atoms with Crippen molar-refractivity contribution in [2.45, 2.75) is 23.8 Å². The summed E-state index contributed by atoms with van der Waals surface area (Å²) >= 11 is 0. The summed E-state index contributed by atoms with van der Waals surface area (Å²) in [5.74, 6) is -0.889. The molecule has 1 amide bonds. The highest BCUT2D eigenvalue weighted by atomic mass is 32.2. The van der Waals surface area contributed by atoms with Crippen LogP contribution in [0, 0.1) is 5.82 Å². The van der Waals surface area contributed by atoms with Crippen molar-refractivity contribution in [3.63, 3.8) is 0 Å². The number of carbonyl (C=O) groups excluding carboxylic acids is 1. The van der Waals surface area contributed by atoms with Crippen molar-refractivity contribution in [1.82, 2.24) is 10.0 Å². The maximum Gasteiger partial charge on any atom is 0.243 e. The van der Waals surface area contributed by atoms with E-state index in [1.54, 1.807) is 0 Å². The van der Waals surface area contributed by atoms with Crippen LogP contribution < -0.4 is 10.0 Å². The molecule has 1 aromatic carbocycles. The van der Waals surface area contributed by atoms with E-state index >= 15 is 0 Å². The van der Waals surface area contributed by atoms with Crippen molar-refractivity contribution >= 4 is 15.9 Å². The van der Waals surface area contributed by atoms with Crippen molar-refractivity contribution in [2.24, 2.45) is 0 Å². The van der Waals surface area contributed by atoms with E-state index in [2.05, 4.69) is 10.0 Å². The Bertz CT molecular complexity index is 586. The molecule has 0 aromatic heterocycles. The second kappa shape index (κ2) is 4.66. The summed E-state index contributed by atoms with van der Waals surface area (Å²) < 4.78 is 38.8. The minimum absolute atomic E-state index is 0.0812. The molecule has 0 bridgehead atoms. The van der Waals surface area contributed by atoms with Crippen molar-refractivity contribution in [3.05, 3.63) is 29.6 Å². The molecule has 1 atom stereocenters. The van der Waals surface area contributed by atoms with E-state index in [0.717, 1.165) is 6.07 Å². The zero-order valence-corrected chi connectivity index (χ0v) is 10.6. The van der Waals surface area contributed by atoms with Crippen LogP contribution >= 0.6 is 0 Å². The normalized spacial score (nSPS) is 19.9. The van der Waals surface area contributed by atoms with Gasteiger partial charge >= 0.3 is 0 Å². The van der Waals surface area contributed by atoms with Gasteiger partial charge in [-0.3, -0.25) is 4.79 Å². The smallest absolute Gasteiger partial charge is 0.243 e. The summed E-state index contributed by atoms with van der Waals surface area (Å²) in [6, 6.07) is 3.60. The van der Waals surface area contributed by atoms with Crippen LogP contribution in [0.3, 0.4) is 0 Å². The van der Waals surface area contributed by atoms with Gasteiger partial charge in [0.25, 0.3) is 0 Å². The van der Waals surface area contributed by atoms with Gasteiger partial charge in [-0.2, -0.15) is 0 Å². The van der Waals surface area contributed by atoms with Crippen LogP contribution in [0.15, 0.2) is 23.1 Å². The van der Waals surface area contributed by atoms with E-state index < -0.39 is 20.7 Å². The first-order chi connectivity index (χ1) is 8.44. The molecule has 1 aromatic rings. The van der Waals surface area contributed by atoms with Crippen LogP contribution in [0.2, 0.25) is 0 Å². The summed E-state index contributed by atoms with van der Waals surface area (Å²) in [5, 5.41) is 2.71. The standard InChI is InChI=1S/C11H13FN2O3S/c1-13-18(16,17)10-6-7(2-3-8(10)12)9-4-5-11(15)14-9/h2-3,6,9,13H,4-5H2,1H3,(H,14,15). The molecule has 1 aliphatic rings. The van der Waals surface area contributed by atoms with E-state index in [1.165, 1.54) is 19.2 Å². The predicted octanol–water partition coefficient (Wildman–Crippen LogP) is 0.685. The first-order valence-electron chi connectivity index (χ1n) is 5.46. The fraction of sp³-hybridized carbons (Fsp3) is 0.364. The molecule has 0 aliphatic carbocycles. The lowest BCUT2D eigenvalue weighted by Gasteiger charge is -2.12. The van der Waals surface area contributed by atoms with Gasteiger partial charge in [0.15, 0.2) is 0 Å². The van der Waals surface area contributed by atoms with Crippen LogP contribution in [0.1, 0.15) is 24.4 Å². The summed E-state index contributed by atoms with van der Waals surface area (Å²) in [5.41, 5.74) is 0.594. The SMILES string of the molecule is CNS(=O)(=O)c1cc(C2CCC(=O)N2)ccc1F. The van der Waals surface area contributed by atoms with Crippen LogP contribution in [0.5, 0.6) is 0 Å². The molecule has 5 nitrogen and oxygen atoms in total. The third-order valence-corrected chi connectivity index (χ3v) is 4.34. The molecule has 1 saturated heterocycles. The van der Waals surface area contributed by atoms with Crippen molar-refractivity contribution in [1.29, 1.82) is 0 Å². The number of hydrogen-bond acceptors (Lipinski definition) is 3. The van der Waals surface area contributed by atoms with E-state index in [4.69, 9.17) is 0 Å². The van der Waals surface area contributed by atoms with Gasteiger partial charge in [0.1, 0.15) is 10.7 Å². The molecule has 2 N–H and O–H groups in total. The Balaban J connectivity index is 2.41. The fourth-order valence-electron chi connectivity index (χ4n) is 1.92. The number of nitrogens with one attached hydrogen (secondary N) is 2. The molecule has 7 heteroatoms. The van der Waals surface area contributed by atoms with Gasteiger partial charge < -0.3 is 5.32 Å². The minimum Gasteiger partial charge on any atom is -0.349 e. The number of sulfonamides is 1. The number of halogens is 1. The van der Waals surface area contributed by atoms with Crippen LogP contribution in [0.25, 0.3) is 0 Å². The van der Waals surface area contributed by atoms with Gasteiger partial charge in [0, 0.05) is 6.42 Å². The number of rotatable bonds is 3. The third-order valence-electron chi connectivity index (χ3n) is 2.91.